The van der Waals surface area contributed by atoms with Gasteiger partial charge in [0.1, 0.15) is 0 Å². The van der Waals surface area contributed by atoms with E-state index in [4.69, 9.17) is 24.0 Å². The minimum Gasteiger partial charge on any atom is -0.382 e. The fraction of sp³-hybridized carbons (Fsp3) is 1.00. The summed E-state index contributed by atoms with van der Waals surface area (Å²) in [6.45, 7) is 10.2. The van der Waals surface area contributed by atoms with E-state index in [0.717, 1.165) is 38.9 Å². The molecule has 5 heteroatoms. The van der Waals surface area contributed by atoms with Crippen molar-refractivity contribution in [3.63, 3.8) is 0 Å². The summed E-state index contributed by atoms with van der Waals surface area (Å²) in [5.41, 5.74) is -0.435. The summed E-state index contributed by atoms with van der Waals surface area (Å²) in [5.74, 6) is 1.23. The van der Waals surface area contributed by atoms with Gasteiger partial charge in [-0.25, -0.2) is 9.78 Å². The molecule has 0 aromatic heterocycles. The summed E-state index contributed by atoms with van der Waals surface area (Å²) in [6.07, 6.45) is 5.13. The number of rotatable bonds is 4. The molecule has 4 saturated heterocycles. The van der Waals surface area contributed by atoms with E-state index in [1.807, 2.05) is 13.8 Å². The first-order chi connectivity index (χ1) is 11.5. The predicted molar refractivity (Wildman–Crippen MR) is 87.9 cm³/mol. The Hall–Kier alpha value is -0.200. The van der Waals surface area contributed by atoms with Gasteiger partial charge in [-0.2, -0.15) is 0 Å². The molecule has 5 aliphatic rings. The third kappa shape index (κ3) is 2.47. The maximum absolute atomic E-state index is 6.50. The fourth-order valence-corrected chi connectivity index (χ4v) is 5.65. The van der Waals surface area contributed by atoms with E-state index in [-0.39, 0.29) is 12.4 Å². The van der Waals surface area contributed by atoms with Gasteiger partial charge in [0.25, 0.3) is 0 Å². The number of hydrogen-bond donors (Lipinski definition) is 0. The van der Waals surface area contributed by atoms with Crippen LogP contribution in [0.1, 0.15) is 59.8 Å². The van der Waals surface area contributed by atoms with Crippen molar-refractivity contribution >= 4 is 0 Å². The second-order valence-corrected chi connectivity index (χ2v) is 8.43. The monoisotopic (exact) mass is 340 g/mol. The van der Waals surface area contributed by atoms with Crippen molar-refractivity contribution in [1.29, 1.82) is 0 Å². The Balaban J connectivity index is 1.64. The largest absolute Gasteiger partial charge is 0.382 e. The lowest BCUT2D eigenvalue weighted by Crippen LogP contribution is -2.70. The summed E-state index contributed by atoms with van der Waals surface area (Å²) >= 11 is 0. The van der Waals surface area contributed by atoms with E-state index in [2.05, 4.69) is 13.8 Å². The van der Waals surface area contributed by atoms with Gasteiger partial charge in [0.2, 0.25) is 5.79 Å². The van der Waals surface area contributed by atoms with Gasteiger partial charge in [-0.15, -0.1) is 0 Å². The Morgan fingerprint density at radius 2 is 1.92 bits per heavy atom. The van der Waals surface area contributed by atoms with Crippen LogP contribution < -0.4 is 0 Å². The Bertz CT molecular complexity index is 471. The van der Waals surface area contributed by atoms with Crippen molar-refractivity contribution in [3.8, 4) is 0 Å². The van der Waals surface area contributed by atoms with Crippen LogP contribution in [0.3, 0.4) is 0 Å². The molecule has 4 aliphatic heterocycles. The van der Waals surface area contributed by atoms with Crippen molar-refractivity contribution in [2.75, 3.05) is 13.2 Å². The van der Waals surface area contributed by atoms with E-state index in [0.29, 0.717) is 23.7 Å². The van der Waals surface area contributed by atoms with Crippen molar-refractivity contribution in [3.05, 3.63) is 0 Å². The van der Waals surface area contributed by atoms with Crippen molar-refractivity contribution in [1.82, 2.24) is 0 Å². The molecule has 5 nitrogen and oxygen atoms in total. The molecule has 0 aromatic carbocycles. The normalized spacial score (nSPS) is 53.5. The second kappa shape index (κ2) is 6.20. The summed E-state index contributed by atoms with van der Waals surface area (Å²) < 4.78 is 18.4. The Kier molecular flexibility index (Phi) is 4.45. The molecule has 0 unspecified atom stereocenters. The first-order valence-electron chi connectivity index (χ1n) is 9.78. The molecule has 0 amide bonds. The Labute approximate surface area is 145 Å². The number of fused-ring (bicyclic) bond motifs is 2. The molecule has 5 fully saturated rings. The lowest BCUT2D eigenvalue weighted by atomic mass is 9.57. The van der Waals surface area contributed by atoms with Gasteiger partial charge in [0, 0.05) is 25.6 Å². The van der Waals surface area contributed by atoms with Gasteiger partial charge in [0.15, 0.2) is 11.9 Å². The second-order valence-electron chi connectivity index (χ2n) is 8.43. The molecule has 1 aliphatic carbocycles. The van der Waals surface area contributed by atoms with Crippen LogP contribution in [0.2, 0.25) is 0 Å². The summed E-state index contributed by atoms with van der Waals surface area (Å²) in [4.78, 5) is 12.0. The van der Waals surface area contributed by atoms with Gasteiger partial charge in [0.05, 0.1) is 6.10 Å². The van der Waals surface area contributed by atoms with Crippen LogP contribution in [0.15, 0.2) is 0 Å². The van der Waals surface area contributed by atoms with Crippen LogP contribution in [-0.2, 0) is 24.0 Å². The lowest BCUT2D eigenvalue weighted by Gasteiger charge is -2.60. The maximum Gasteiger partial charge on any atom is 0.201 e. The van der Waals surface area contributed by atoms with Crippen LogP contribution in [-0.4, -0.2) is 37.0 Å². The van der Waals surface area contributed by atoms with Crippen LogP contribution in [0.5, 0.6) is 0 Å². The van der Waals surface area contributed by atoms with E-state index in [1.54, 1.807) is 0 Å². The van der Waals surface area contributed by atoms with Crippen molar-refractivity contribution in [2.45, 2.75) is 83.6 Å². The smallest absolute Gasteiger partial charge is 0.201 e. The molecule has 0 radical (unpaired) electrons. The maximum atomic E-state index is 6.50. The quantitative estimate of drug-likeness (QED) is 0.577. The minimum atomic E-state index is -0.678. The molecule has 8 atom stereocenters. The molecule has 2 bridgehead atoms. The van der Waals surface area contributed by atoms with Crippen LogP contribution in [0, 0.1) is 23.7 Å². The van der Waals surface area contributed by atoms with E-state index in [1.165, 1.54) is 6.42 Å². The molecule has 24 heavy (non-hydrogen) atoms. The molecule has 5 rings (SSSR count). The zero-order valence-electron chi connectivity index (χ0n) is 15.5. The van der Waals surface area contributed by atoms with E-state index < -0.39 is 11.4 Å². The highest BCUT2D eigenvalue weighted by Gasteiger charge is 2.69. The van der Waals surface area contributed by atoms with E-state index >= 15 is 0 Å². The Morgan fingerprint density at radius 1 is 1.08 bits per heavy atom. The van der Waals surface area contributed by atoms with Crippen molar-refractivity contribution < 1.29 is 24.0 Å². The van der Waals surface area contributed by atoms with Crippen LogP contribution in [0.25, 0.3) is 0 Å². The zero-order valence-corrected chi connectivity index (χ0v) is 15.5. The van der Waals surface area contributed by atoms with Gasteiger partial charge < -0.3 is 14.2 Å². The van der Waals surface area contributed by atoms with Gasteiger partial charge in [-0.05, 0) is 57.3 Å². The highest BCUT2D eigenvalue weighted by Crippen LogP contribution is 2.60. The summed E-state index contributed by atoms with van der Waals surface area (Å²) in [5, 5.41) is 0. The van der Waals surface area contributed by atoms with Gasteiger partial charge in [-0.1, -0.05) is 13.8 Å². The zero-order chi connectivity index (χ0) is 16.9. The highest BCUT2D eigenvalue weighted by atomic mass is 17.3. The molecule has 0 N–H and O–H groups in total. The third-order valence-electron chi connectivity index (χ3n) is 7.05. The number of hydrogen-bond acceptors (Lipinski definition) is 5. The predicted octanol–water partition coefficient (Wildman–Crippen LogP) is 3.66. The molecule has 0 aromatic rings. The third-order valence-corrected chi connectivity index (χ3v) is 7.05. The molecule has 1 saturated carbocycles. The van der Waals surface area contributed by atoms with Gasteiger partial charge >= 0.3 is 0 Å². The van der Waals surface area contributed by atoms with Gasteiger partial charge in [-0.3, -0.25) is 0 Å². The highest BCUT2D eigenvalue weighted by molar-refractivity contribution is 5.09. The van der Waals surface area contributed by atoms with Crippen molar-refractivity contribution in [2.24, 2.45) is 23.7 Å². The SMILES string of the molecule is CCOCC[C@H]1O[C@@H]2O[C@]3(C)CC[C@H]4[C@H](C)CC[C@@H]([C@H]1C)[C@@]24OO3. The molecule has 1 spiro atoms. The molecular formula is C19H32O5. The average Bonchev–Trinajstić information content (AvgIpc) is 2.78. The first kappa shape index (κ1) is 17.2. The van der Waals surface area contributed by atoms with E-state index in [9.17, 15) is 0 Å². The molecule has 138 valence electrons. The fourth-order valence-electron chi connectivity index (χ4n) is 5.65. The lowest BCUT2D eigenvalue weighted by molar-refractivity contribution is -0.571. The molecule has 4 heterocycles. The number of ether oxygens (including phenoxy) is 3. The first-order valence-corrected chi connectivity index (χ1v) is 9.78. The Morgan fingerprint density at radius 3 is 2.71 bits per heavy atom. The average molecular weight is 340 g/mol. The summed E-state index contributed by atoms with van der Waals surface area (Å²) in [7, 11) is 0. The minimum absolute atomic E-state index is 0.165. The summed E-state index contributed by atoms with van der Waals surface area (Å²) in [6, 6.07) is 0. The molecular weight excluding hydrogens is 308 g/mol. The van der Waals surface area contributed by atoms with Crippen LogP contribution >= 0.6 is 0 Å². The topological polar surface area (TPSA) is 46.2 Å². The standard InChI is InChI=1S/C19H32O5/c1-5-20-11-9-16-13(3)15-7-6-12(2)14-8-10-18(4)22-17(21-16)19(14,15)24-23-18/h12-17H,5-11H2,1-4H3/t12-,13-,14+,15+,16-,17-,18+,19-/m1/s1. The van der Waals surface area contributed by atoms with Crippen LogP contribution in [0.4, 0.5) is 0 Å².